The van der Waals surface area contributed by atoms with Crippen LogP contribution in [0.1, 0.15) is 25.7 Å². The molecule has 1 rings (SSSR count). The molecule has 1 N–H and O–H groups in total. The van der Waals surface area contributed by atoms with Crippen LogP contribution in [-0.2, 0) is 10.1 Å². The molecule has 0 fully saturated rings. The molecule has 0 radical (unpaired) electrons. The standard InChI is InChI=1S/C12H17BrO4S/c13-11-5-7-12(8-6-11)17-9-3-1-2-4-10-18(14,15)16/h5-8H,1-4,9-10H2,(H,14,15,16). The zero-order valence-corrected chi connectivity index (χ0v) is 12.4. The van der Waals surface area contributed by atoms with Gasteiger partial charge in [0.2, 0.25) is 0 Å². The van der Waals surface area contributed by atoms with Crippen LogP contribution < -0.4 is 4.74 Å². The Morgan fingerprint density at radius 2 is 1.67 bits per heavy atom. The molecule has 0 aliphatic carbocycles. The largest absolute Gasteiger partial charge is 0.494 e. The minimum atomic E-state index is -3.80. The summed E-state index contributed by atoms with van der Waals surface area (Å²) >= 11 is 3.35. The highest BCUT2D eigenvalue weighted by molar-refractivity contribution is 9.10. The summed E-state index contributed by atoms with van der Waals surface area (Å²) in [6, 6.07) is 7.62. The zero-order chi connectivity index (χ0) is 13.4. The first-order chi connectivity index (χ1) is 8.47. The van der Waals surface area contributed by atoms with E-state index in [2.05, 4.69) is 15.9 Å². The SMILES string of the molecule is O=S(=O)(O)CCCCCCOc1ccc(Br)cc1. The van der Waals surface area contributed by atoms with Crippen molar-refractivity contribution in [2.45, 2.75) is 25.7 Å². The molecule has 102 valence electrons. The molecule has 0 atom stereocenters. The Balaban J connectivity index is 2.04. The molecule has 1 aromatic carbocycles. The number of halogens is 1. The Hall–Kier alpha value is -0.590. The summed E-state index contributed by atoms with van der Waals surface area (Å²) in [5.41, 5.74) is 0. The smallest absolute Gasteiger partial charge is 0.264 e. The summed E-state index contributed by atoms with van der Waals surface area (Å²) in [6.07, 6.45) is 3.05. The molecule has 0 amide bonds. The van der Waals surface area contributed by atoms with E-state index in [9.17, 15) is 8.42 Å². The van der Waals surface area contributed by atoms with Crippen molar-refractivity contribution in [1.82, 2.24) is 0 Å². The molecule has 0 spiro atoms. The van der Waals surface area contributed by atoms with Crippen LogP contribution in [-0.4, -0.2) is 25.3 Å². The predicted octanol–water partition coefficient (Wildman–Crippen LogP) is 3.28. The van der Waals surface area contributed by atoms with Gasteiger partial charge in [0, 0.05) is 4.47 Å². The van der Waals surface area contributed by atoms with Crippen molar-refractivity contribution < 1.29 is 17.7 Å². The molecule has 0 saturated heterocycles. The summed E-state index contributed by atoms with van der Waals surface area (Å²) in [5.74, 6) is 0.678. The van der Waals surface area contributed by atoms with E-state index >= 15 is 0 Å². The molecular formula is C12H17BrO4S. The van der Waals surface area contributed by atoms with Crippen LogP contribution in [0.15, 0.2) is 28.7 Å². The summed E-state index contributed by atoms with van der Waals surface area (Å²) in [4.78, 5) is 0. The monoisotopic (exact) mass is 336 g/mol. The van der Waals surface area contributed by atoms with Crippen molar-refractivity contribution in [3.8, 4) is 5.75 Å². The van der Waals surface area contributed by atoms with E-state index in [1.54, 1.807) is 0 Å². The van der Waals surface area contributed by atoms with E-state index in [1.165, 1.54) is 0 Å². The third-order valence-electron chi connectivity index (χ3n) is 2.38. The number of hydrogen-bond acceptors (Lipinski definition) is 3. The van der Waals surface area contributed by atoms with Crippen LogP contribution in [0.5, 0.6) is 5.75 Å². The molecule has 0 unspecified atom stereocenters. The van der Waals surface area contributed by atoms with Gasteiger partial charge in [-0.25, -0.2) is 0 Å². The second-order valence-electron chi connectivity index (χ2n) is 4.00. The summed E-state index contributed by atoms with van der Waals surface area (Å²) in [6.45, 7) is 0.619. The van der Waals surface area contributed by atoms with Crippen molar-refractivity contribution in [2.75, 3.05) is 12.4 Å². The molecule has 6 heteroatoms. The molecular weight excluding hydrogens is 320 g/mol. The Kier molecular flexibility index (Phi) is 6.67. The molecule has 0 aliphatic rings. The average Bonchev–Trinajstić information content (AvgIpc) is 2.29. The summed E-state index contributed by atoms with van der Waals surface area (Å²) < 4.78 is 36.0. The Bertz CT molecular complexity index is 442. The lowest BCUT2D eigenvalue weighted by atomic mass is 10.2. The second kappa shape index (κ2) is 7.76. The van der Waals surface area contributed by atoms with E-state index in [-0.39, 0.29) is 5.75 Å². The first kappa shape index (κ1) is 15.5. The normalized spacial score (nSPS) is 11.4. The maximum atomic E-state index is 10.5. The van der Waals surface area contributed by atoms with Crippen LogP contribution in [0.2, 0.25) is 0 Å². The predicted molar refractivity (Wildman–Crippen MR) is 74.5 cm³/mol. The molecule has 0 aliphatic heterocycles. The van der Waals surface area contributed by atoms with Gasteiger partial charge in [-0.2, -0.15) is 8.42 Å². The highest BCUT2D eigenvalue weighted by atomic mass is 79.9. The minimum absolute atomic E-state index is 0.152. The Morgan fingerprint density at radius 3 is 2.28 bits per heavy atom. The van der Waals surface area contributed by atoms with Gasteiger partial charge >= 0.3 is 0 Å². The van der Waals surface area contributed by atoms with E-state index < -0.39 is 10.1 Å². The van der Waals surface area contributed by atoms with Gasteiger partial charge in [-0.3, -0.25) is 4.55 Å². The number of unbranched alkanes of at least 4 members (excludes halogenated alkanes) is 3. The third-order valence-corrected chi connectivity index (χ3v) is 3.71. The molecule has 0 saturated carbocycles. The first-order valence-electron chi connectivity index (χ1n) is 5.81. The van der Waals surface area contributed by atoms with Crippen molar-refractivity contribution in [2.24, 2.45) is 0 Å². The Morgan fingerprint density at radius 1 is 1.06 bits per heavy atom. The molecule has 0 heterocycles. The fourth-order valence-corrected chi connectivity index (χ4v) is 2.29. The lowest BCUT2D eigenvalue weighted by Crippen LogP contribution is -2.03. The fraction of sp³-hybridized carbons (Fsp3) is 0.500. The molecule has 18 heavy (non-hydrogen) atoms. The van der Waals surface area contributed by atoms with Crippen molar-refractivity contribution in [1.29, 1.82) is 0 Å². The molecule has 0 aromatic heterocycles. The minimum Gasteiger partial charge on any atom is -0.494 e. The molecule has 4 nitrogen and oxygen atoms in total. The zero-order valence-electron chi connectivity index (χ0n) is 10.0. The van der Waals surface area contributed by atoms with Crippen LogP contribution in [0.4, 0.5) is 0 Å². The highest BCUT2D eigenvalue weighted by Crippen LogP contribution is 2.16. The van der Waals surface area contributed by atoms with E-state index in [1.807, 2.05) is 24.3 Å². The number of benzene rings is 1. The van der Waals surface area contributed by atoms with E-state index in [0.29, 0.717) is 13.0 Å². The van der Waals surface area contributed by atoms with Gasteiger partial charge < -0.3 is 4.74 Å². The molecule has 1 aromatic rings. The van der Waals surface area contributed by atoms with Gasteiger partial charge in [0.1, 0.15) is 5.75 Å². The van der Waals surface area contributed by atoms with Gasteiger partial charge in [-0.05, 0) is 37.1 Å². The van der Waals surface area contributed by atoms with E-state index in [0.717, 1.165) is 29.5 Å². The topological polar surface area (TPSA) is 63.6 Å². The van der Waals surface area contributed by atoms with Crippen molar-refractivity contribution in [3.05, 3.63) is 28.7 Å². The number of ether oxygens (including phenoxy) is 1. The second-order valence-corrected chi connectivity index (χ2v) is 6.49. The van der Waals surface area contributed by atoms with Gasteiger partial charge in [0.05, 0.1) is 12.4 Å². The highest BCUT2D eigenvalue weighted by Gasteiger charge is 2.02. The van der Waals surface area contributed by atoms with Gasteiger partial charge in [-0.15, -0.1) is 0 Å². The van der Waals surface area contributed by atoms with Crippen LogP contribution in [0.25, 0.3) is 0 Å². The van der Waals surface area contributed by atoms with Crippen LogP contribution >= 0.6 is 15.9 Å². The third kappa shape index (κ3) is 7.68. The molecule has 0 bridgehead atoms. The average molecular weight is 337 g/mol. The number of rotatable bonds is 8. The van der Waals surface area contributed by atoms with E-state index in [4.69, 9.17) is 9.29 Å². The lowest BCUT2D eigenvalue weighted by Gasteiger charge is -2.05. The number of hydrogen-bond donors (Lipinski definition) is 1. The lowest BCUT2D eigenvalue weighted by molar-refractivity contribution is 0.305. The quantitative estimate of drug-likeness (QED) is 0.584. The van der Waals surface area contributed by atoms with Crippen LogP contribution in [0.3, 0.4) is 0 Å². The maximum absolute atomic E-state index is 10.5. The summed E-state index contributed by atoms with van der Waals surface area (Å²) in [5, 5.41) is 0. The van der Waals surface area contributed by atoms with Gasteiger partial charge in [0.15, 0.2) is 0 Å². The van der Waals surface area contributed by atoms with Crippen LogP contribution in [0, 0.1) is 0 Å². The summed E-state index contributed by atoms with van der Waals surface area (Å²) in [7, 11) is -3.80. The maximum Gasteiger partial charge on any atom is 0.264 e. The van der Waals surface area contributed by atoms with Gasteiger partial charge in [-0.1, -0.05) is 28.8 Å². The fourth-order valence-electron chi connectivity index (χ4n) is 1.46. The van der Waals surface area contributed by atoms with Gasteiger partial charge in [0.25, 0.3) is 10.1 Å². The first-order valence-corrected chi connectivity index (χ1v) is 8.21. The van der Waals surface area contributed by atoms with Crippen molar-refractivity contribution >= 4 is 26.0 Å². The Labute approximate surface area is 116 Å². The van der Waals surface area contributed by atoms with Crippen molar-refractivity contribution in [3.63, 3.8) is 0 Å².